The SMILES string of the molecule is CCCN(CCC)C(CC)CCCNCCCCCCNCCCC(CC)N(CCC)CCC. The first-order valence-electron chi connectivity index (χ1n) is 15.6. The number of unbranched alkanes of at least 4 members (excludes halogenated alkanes) is 3. The van der Waals surface area contributed by atoms with Crippen LogP contribution < -0.4 is 10.6 Å². The molecule has 0 bridgehead atoms. The Labute approximate surface area is 216 Å². The summed E-state index contributed by atoms with van der Waals surface area (Å²) in [4.78, 5) is 5.45. The van der Waals surface area contributed by atoms with Crippen molar-refractivity contribution in [1.29, 1.82) is 0 Å². The van der Waals surface area contributed by atoms with Gasteiger partial charge in [0.1, 0.15) is 0 Å². The fraction of sp³-hybridized carbons (Fsp3) is 1.00. The van der Waals surface area contributed by atoms with E-state index in [2.05, 4.69) is 62.0 Å². The minimum Gasteiger partial charge on any atom is -0.317 e. The van der Waals surface area contributed by atoms with Crippen molar-refractivity contribution in [3.8, 4) is 0 Å². The third-order valence-electron chi connectivity index (χ3n) is 7.26. The monoisotopic (exact) mass is 483 g/mol. The smallest absolute Gasteiger partial charge is 0.00930 e. The maximum atomic E-state index is 3.69. The van der Waals surface area contributed by atoms with Crippen molar-refractivity contribution >= 4 is 0 Å². The van der Waals surface area contributed by atoms with Crippen molar-refractivity contribution in [2.75, 3.05) is 52.4 Å². The van der Waals surface area contributed by atoms with E-state index in [1.807, 2.05) is 0 Å². The van der Waals surface area contributed by atoms with Crippen molar-refractivity contribution in [1.82, 2.24) is 20.4 Å². The summed E-state index contributed by atoms with van der Waals surface area (Å²) in [5.41, 5.74) is 0. The summed E-state index contributed by atoms with van der Waals surface area (Å²) >= 11 is 0. The third kappa shape index (κ3) is 18.2. The zero-order valence-electron chi connectivity index (χ0n) is 24.6. The predicted molar refractivity (Wildman–Crippen MR) is 155 cm³/mol. The Balaban J connectivity index is 3.61. The molecule has 0 saturated heterocycles. The lowest BCUT2D eigenvalue weighted by Crippen LogP contribution is -2.36. The summed E-state index contributed by atoms with van der Waals surface area (Å²) in [6.07, 6.45) is 18.4. The lowest BCUT2D eigenvalue weighted by Gasteiger charge is -2.30. The molecule has 2 N–H and O–H groups in total. The molecule has 0 aromatic carbocycles. The summed E-state index contributed by atoms with van der Waals surface area (Å²) in [5, 5.41) is 7.38. The van der Waals surface area contributed by atoms with E-state index < -0.39 is 0 Å². The van der Waals surface area contributed by atoms with Crippen LogP contribution in [-0.2, 0) is 0 Å². The van der Waals surface area contributed by atoms with E-state index in [1.165, 1.54) is 142 Å². The van der Waals surface area contributed by atoms with Crippen LogP contribution in [-0.4, -0.2) is 74.2 Å². The number of hydrogen-bond donors (Lipinski definition) is 2. The normalized spacial score (nSPS) is 13.8. The molecule has 0 aliphatic heterocycles. The number of rotatable bonds is 27. The largest absolute Gasteiger partial charge is 0.317 e. The molecule has 0 radical (unpaired) electrons. The van der Waals surface area contributed by atoms with Crippen LogP contribution in [0.25, 0.3) is 0 Å². The van der Waals surface area contributed by atoms with Crippen molar-refractivity contribution in [2.24, 2.45) is 0 Å². The average molecular weight is 483 g/mol. The Hall–Kier alpha value is -0.160. The first kappa shape index (κ1) is 33.8. The second kappa shape index (κ2) is 25.9. The first-order chi connectivity index (χ1) is 16.7. The summed E-state index contributed by atoms with van der Waals surface area (Å²) < 4.78 is 0. The van der Waals surface area contributed by atoms with E-state index in [9.17, 15) is 0 Å². The highest BCUT2D eigenvalue weighted by Gasteiger charge is 2.15. The number of nitrogens with one attached hydrogen (secondary N) is 2. The third-order valence-corrected chi connectivity index (χ3v) is 7.26. The molecule has 0 aromatic rings. The molecule has 0 aliphatic carbocycles. The fourth-order valence-corrected chi connectivity index (χ4v) is 5.42. The molecule has 4 heteroatoms. The molecule has 0 fully saturated rings. The number of nitrogens with zero attached hydrogens (tertiary/aromatic N) is 2. The molecule has 4 nitrogen and oxygen atoms in total. The lowest BCUT2D eigenvalue weighted by molar-refractivity contribution is 0.179. The molecule has 0 aliphatic rings. The second-order valence-electron chi connectivity index (χ2n) is 10.4. The second-order valence-corrected chi connectivity index (χ2v) is 10.4. The molecule has 2 atom stereocenters. The highest BCUT2D eigenvalue weighted by molar-refractivity contribution is 4.72. The molecule has 0 saturated carbocycles. The van der Waals surface area contributed by atoms with Crippen LogP contribution in [0.1, 0.15) is 131 Å². The molecule has 0 heterocycles. The van der Waals surface area contributed by atoms with Crippen LogP contribution in [0.5, 0.6) is 0 Å². The van der Waals surface area contributed by atoms with Crippen molar-refractivity contribution in [3.05, 3.63) is 0 Å². The van der Waals surface area contributed by atoms with Gasteiger partial charge >= 0.3 is 0 Å². The minimum absolute atomic E-state index is 0.786. The van der Waals surface area contributed by atoms with Gasteiger partial charge in [-0.1, -0.05) is 54.4 Å². The van der Waals surface area contributed by atoms with E-state index in [4.69, 9.17) is 0 Å². The van der Waals surface area contributed by atoms with E-state index >= 15 is 0 Å². The zero-order chi connectivity index (χ0) is 25.3. The quantitative estimate of drug-likeness (QED) is 0.122. The van der Waals surface area contributed by atoms with Gasteiger partial charge in [0.25, 0.3) is 0 Å². The highest BCUT2D eigenvalue weighted by Crippen LogP contribution is 2.13. The maximum Gasteiger partial charge on any atom is 0.00930 e. The average Bonchev–Trinajstić information content (AvgIpc) is 2.84. The van der Waals surface area contributed by atoms with Gasteiger partial charge in [0.15, 0.2) is 0 Å². The van der Waals surface area contributed by atoms with E-state index in [0.29, 0.717) is 0 Å². The van der Waals surface area contributed by atoms with Gasteiger partial charge in [-0.05, 0) is 129 Å². The van der Waals surface area contributed by atoms with Crippen LogP contribution in [0.4, 0.5) is 0 Å². The van der Waals surface area contributed by atoms with Gasteiger partial charge in [-0.2, -0.15) is 0 Å². The molecular formula is C30H66N4. The summed E-state index contributed by atoms with van der Waals surface area (Å²) in [6, 6.07) is 1.57. The first-order valence-corrected chi connectivity index (χ1v) is 15.6. The Morgan fingerprint density at radius 2 is 0.765 bits per heavy atom. The molecule has 2 unspecified atom stereocenters. The minimum atomic E-state index is 0.786. The molecule has 34 heavy (non-hydrogen) atoms. The van der Waals surface area contributed by atoms with Crippen LogP contribution >= 0.6 is 0 Å². The van der Waals surface area contributed by atoms with Gasteiger partial charge in [-0.15, -0.1) is 0 Å². The fourth-order valence-electron chi connectivity index (χ4n) is 5.42. The number of hydrogen-bond acceptors (Lipinski definition) is 4. The van der Waals surface area contributed by atoms with Gasteiger partial charge in [0, 0.05) is 12.1 Å². The Kier molecular flexibility index (Phi) is 25.8. The van der Waals surface area contributed by atoms with Crippen LogP contribution in [0.3, 0.4) is 0 Å². The van der Waals surface area contributed by atoms with Crippen molar-refractivity contribution in [2.45, 2.75) is 144 Å². The molecule has 0 amide bonds. The molecular weight excluding hydrogens is 416 g/mol. The van der Waals surface area contributed by atoms with E-state index in [0.717, 1.165) is 12.1 Å². The summed E-state index contributed by atoms with van der Waals surface area (Å²) in [7, 11) is 0. The van der Waals surface area contributed by atoms with Gasteiger partial charge < -0.3 is 20.4 Å². The van der Waals surface area contributed by atoms with Gasteiger partial charge in [-0.3, -0.25) is 0 Å². The highest BCUT2D eigenvalue weighted by atomic mass is 15.2. The van der Waals surface area contributed by atoms with Crippen molar-refractivity contribution in [3.63, 3.8) is 0 Å². The van der Waals surface area contributed by atoms with Crippen LogP contribution in [0.2, 0.25) is 0 Å². The standard InChI is InChI=1S/C30H66N4/c1-7-25-33(26-8-2)29(11-5)19-17-23-31-21-15-13-14-16-22-32-24-18-20-30(12-6)34(27-9-3)28-10-4/h29-32H,7-28H2,1-6H3. The van der Waals surface area contributed by atoms with Crippen LogP contribution in [0.15, 0.2) is 0 Å². The summed E-state index contributed by atoms with van der Waals surface area (Å²) in [6.45, 7) is 23.8. The molecule has 0 rings (SSSR count). The molecule has 206 valence electrons. The molecule has 0 aromatic heterocycles. The van der Waals surface area contributed by atoms with Gasteiger partial charge in [0.2, 0.25) is 0 Å². The Bertz CT molecular complexity index is 342. The Morgan fingerprint density at radius 3 is 1.06 bits per heavy atom. The van der Waals surface area contributed by atoms with Crippen LogP contribution in [0, 0.1) is 0 Å². The van der Waals surface area contributed by atoms with Crippen molar-refractivity contribution < 1.29 is 0 Å². The van der Waals surface area contributed by atoms with E-state index in [1.54, 1.807) is 0 Å². The zero-order valence-corrected chi connectivity index (χ0v) is 24.6. The van der Waals surface area contributed by atoms with Gasteiger partial charge in [0.05, 0.1) is 0 Å². The maximum absolute atomic E-state index is 3.69. The predicted octanol–water partition coefficient (Wildman–Crippen LogP) is 7.09. The lowest BCUT2D eigenvalue weighted by atomic mass is 10.1. The topological polar surface area (TPSA) is 30.5 Å². The van der Waals surface area contributed by atoms with Gasteiger partial charge in [-0.25, -0.2) is 0 Å². The Morgan fingerprint density at radius 1 is 0.441 bits per heavy atom. The molecule has 0 spiro atoms. The van der Waals surface area contributed by atoms with E-state index in [-0.39, 0.29) is 0 Å². The summed E-state index contributed by atoms with van der Waals surface area (Å²) in [5.74, 6) is 0.